The van der Waals surface area contributed by atoms with E-state index in [4.69, 9.17) is 0 Å². The van der Waals surface area contributed by atoms with Crippen molar-refractivity contribution in [1.82, 2.24) is 9.55 Å². The standard InChI is InChI=1S/C17H16N2O3S/c1-3-13-18-15-14(12(9-23-15)17(21)22)16(20)19(13)8-11-7-5-4-6-10(11)2/h4-7,9H,3,8H2,1-2H3,(H,21,22). The van der Waals surface area contributed by atoms with E-state index in [0.29, 0.717) is 23.6 Å². The van der Waals surface area contributed by atoms with Crippen molar-refractivity contribution in [3.63, 3.8) is 0 Å². The second-order valence-corrected chi connectivity index (χ2v) is 6.19. The number of aryl methyl sites for hydroxylation is 2. The molecule has 0 bridgehead atoms. The predicted octanol–water partition coefficient (Wildman–Crippen LogP) is 3.08. The number of carboxylic acid groups (broad SMARTS) is 1. The summed E-state index contributed by atoms with van der Waals surface area (Å²) in [6.45, 7) is 4.32. The second-order valence-electron chi connectivity index (χ2n) is 5.33. The van der Waals surface area contributed by atoms with E-state index >= 15 is 0 Å². The van der Waals surface area contributed by atoms with Crippen LogP contribution in [-0.4, -0.2) is 20.6 Å². The lowest BCUT2D eigenvalue weighted by molar-refractivity contribution is 0.0699. The minimum absolute atomic E-state index is 0.0312. The molecule has 3 aromatic rings. The Kier molecular flexibility index (Phi) is 4.00. The van der Waals surface area contributed by atoms with Crippen LogP contribution in [0.25, 0.3) is 10.2 Å². The van der Waals surface area contributed by atoms with Crippen LogP contribution in [-0.2, 0) is 13.0 Å². The lowest BCUT2D eigenvalue weighted by atomic mass is 10.1. The molecule has 3 rings (SSSR count). The quantitative estimate of drug-likeness (QED) is 0.799. The number of hydrogen-bond acceptors (Lipinski definition) is 4. The van der Waals surface area contributed by atoms with Crippen molar-refractivity contribution < 1.29 is 9.90 Å². The van der Waals surface area contributed by atoms with Gasteiger partial charge in [-0.25, -0.2) is 9.78 Å². The molecule has 0 fully saturated rings. The van der Waals surface area contributed by atoms with E-state index in [2.05, 4.69) is 4.98 Å². The molecule has 6 heteroatoms. The zero-order valence-electron chi connectivity index (χ0n) is 12.9. The number of carbonyl (C=O) groups is 1. The first kappa shape index (κ1) is 15.4. The summed E-state index contributed by atoms with van der Waals surface area (Å²) < 4.78 is 1.59. The molecular formula is C17H16N2O3S. The van der Waals surface area contributed by atoms with Gasteiger partial charge in [0.1, 0.15) is 10.7 Å². The van der Waals surface area contributed by atoms with Gasteiger partial charge >= 0.3 is 5.97 Å². The number of carboxylic acids is 1. The fourth-order valence-corrected chi connectivity index (χ4v) is 3.54. The Labute approximate surface area is 136 Å². The second kappa shape index (κ2) is 5.96. The Balaban J connectivity index is 2.24. The highest BCUT2D eigenvalue weighted by atomic mass is 32.1. The third kappa shape index (κ3) is 2.66. The van der Waals surface area contributed by atoms with Crippen LogP contribution in [0.4, 0.5) is 0 Å². The number of benzene rings is 1. The molecule has 118 valence electrons. The third-order valence-corrected chi connectivity index (χ3v) is 4.78. The molecule has 0 amide bonds. The monoisotopic (exact) mass is 328 g/mol. The lowest BCUT2D eigenvalue weighted by Gasteiger charge is -2.13. The molecule has 0 spiro atoms. The molecule has 0 aliphatic heterocycles. The summed E-state index contributed by atoms with van der Waals surface area (Å²) in [5.74, 6) is -0.425. The van der Waals surface area contributed by atoms with Crippen LogP contribution in [0.15, 0.2) is 34.4 Å². The van der Waals surface area contributed by atoms with Crippen LogP contribution in [0.1, 0.15) is 34.2 Å². The first-order valence-corrected chi connectivity index (χ1v) is 8.19. The molecule has 0 saturated carbocycles. The van der Waals surface area contributed by atoms with Crippen molar-refractivity contribution in [1.29, 1.82) is 0 Å². The smallest absolute Gasteiger partial charge is 0.337 e. The molecule has 5 nitrogen and oxygen atoms in total. The predicted molar refractivity (Wildman–Crippen MR) is 90.5 cm³/mol. The number of nitrogens with zero attached hydrogens (tertiary/aromatic N) is 2. The normalized spacial score (nSPS) is 11.0. The molecular weight excluding hydrogens is 312 g/mol. The maximum absolute atomic E-state index is 12.9. The summed E-state index contributed by atoms with van der Waals surface area (Å²) in [4.78, 5) is 29.2. The summed E-state index contributed by atoms with van der Waals surface area (Å²) in [5, 5.41) is 11.0. The van der Waals surface area contributed by atoms with Crippen LogP contribution in [0.2, 0.25) is 0 Å². The molecule has 2 aromatic heterocycles. The average molecular weight is 328 g/mol. The van der Waals surface area contributed by atoms with Gasteiger partial charge < -0.3 is 5.11 Å². The van der Waals surface area contributed by atoms with Gasteiger partial charge in [-0.1, -0.05) is 31.2 Å². The van der Waals surface area contributed by atoms with Crippen LogP contribution >= 0.6 is 11.3 Å². The molecule has 1 N–H and O–H groups in total. The van der Waals surface area contributed by atoms with Crippen molar-refractivity contribution in [2.45, 2.75) is 26.8 Å². The Morgan fingerprint density at radius 3 is 2.74 bits per heavy atom. The first-order valence-electron chi connectivity index (χ1n) is 7.31. The summed E-state index contributed by atoms with van der Waals surface area (Å²) in [6, 6.07) is 7.84. The van der Waals surface area contributed by atoms with Crippen LogP contribution < -0.4 is 5.56 Å². The fraction of sp³-hybridized carbons (Fsp3) is 0.235. The van der Waals surface area contributed by atoms with E-state index in [1.165, 1.54) is 16.7 Å². The Morgan fingerprint density at radius 2 is 2.09 bits per heavy atom. The summed E-state index contributed by atoms with van der Waals surface area (Å²) in [7, 11) is 0. The van der Waals surface area contributed by atoms with E-state index in [9.17, 15) is 14.7 Å². The molecule has 0 radical (unpaired) electrons. The highest BCUT2D eigenvalue weighted by Crippen LogP contribution is 2.22. The van der Waals surface area contributed by atoms with Crippen LogP contribution in [0.3, 0.4) is 0 Å². The molecule has 0 aliphatic rings. The first-order chi connectivity index (χ1) is 11.0. The van der Waals surface area contributed by atoms with Gasteiger partial charge in [0.2, 0.25) is 0 Å². The lowest BCUT2D eigenvalue weighted by Crippen LogP contribution is -2.26. The largest absolute Gasteiger partial charge is 0.478 e. The molecule has 0 saturated heterocycles. The summed E-state index contributed by atoms with van der Waals surface area (Å²) >= 11 is 1.20. The molecule has 0 unspecified atom stereocenters. The van der Waals surface area contributed by atoms with E-state index in [-0.39, 0.29) is 16.5 Å². The maximum Gasteiger partial charge on any atom is 0.337 e. The number of hydrogen-bond donors (Lipinski definition) is 1. The molecule has 2 heterocycles. The van der Waals surface area contributed by atoms with Crippen molar-refractivity contribution in [3.8, 4) is 0 Å². The van der Waals surface area contributed by atoms with Crippen molar-refractivity contribution in [2.24, 2.45) is 0 Å². The van der Waals surface area contributed by atoms with Gasteiger partial charge in [0.15, 0.2) is 0 Å². The van der Waals surface area contributed by atoms with E-state index in [1.54, 1.807) is 4.57 Å². The van der Waals surface area contributed by atoms with Gasteiger partial charge in [0, 0.05) is 11.8 Å². The van der Waals surface area contributed by atoms with Gasteiger partial charge in [0.25, 0.3) is 5.56 Å². The van der Waals surface area contributed by atoms with Crippen molar-refractivity contribution in [2.75, 3.05) is 0 Å². The van der Waals surface area contributed by atoms with Crippen LogP contribution in [0, 0.1) is 6.92 Å². The Morgan fingerprint density at radius 1 is 1.35 bits per heavy atom. The number of aromatic carboxylic acids is 1. The van der Waals surface area contributed by atoms with E-state index in [1.807, 2.05) is 38.1 Å². The van der Waals surface area contributed by atoms with Crippen LogP contribution in [0.5, 0.6) is 0 Å². The zero-order valence-corrected chi connectivity index (χ0v) is 13.7. The zero-order chi connectivity index (χ0) is 16.6. The highest BCUT2D eigenvalue weighted by Gasteiger charge is 2.19. The minimum Gasteiger partial charge on any atom is -0.478 e. The molecule has 0 atom stereocenters. The Bertz CT molecular complexity index is 956. The molecule has 23 heavy (non-hydrogen) atoms. The van der Waals surface area contributed by atoms with Crippen molar-refractivity contribution in [3.05, 3.63) is 62.5 Å². The van der Waals surface area contributed by atoms with E-state index < -0.39 is 5.97 Å². The highest BCUT2D eigenvalue weighted by molar-refractivity contribution is 7.17. The van der Waals surface area contributed by atoms with Gasteiger partial charge in [0.05, 0.1) is 17.5 Å². The van der Waals surface area contributed by atoms with Gasteiger partial charge in [-0.15, -0.1) is 11.3 Å². The molecule has 1 aromatic carbocycles. The third-order valence-electron chi connectivity index (χ3n) is 3.91. The average Bonchev–Trinajstić information content (AvgIpc) is 2.96. The SMILES string of the molecule is CCc1nc2scc(C(=O)O)c2c(=O)n1Cc1ccccc1C. The molecule has 0 aliphatic carbocycles. The van der Waals surface area contributed by atoms with Gasteiger partial charge in [-0.2, -0.15) is 0 Å². The summed E-state index contributed by atoms with van der Waals surface area (Å²) in [5.41, 5.74) is 1.86. The van der Waals surface area contributed by atoms with Gasteiger partial charge in [-0.3, -0.25) is 9.36 Å². The van der Waals surface area contributed by atoms with E-state index in [0.717, 1.165) is 11.1 Å². The van der Waals surface area contributed by atoms with Crippen molar-refractivity contribution >= 4 is 27.5 Å². The number of rotatable bonds is 4. The van der Waals surface area contributed by atoms with Gasteiger partial charge in [-0.05, 0) is 18.1 Å². The number of aromatic nitrogens is 2. The summed E-state index contributed by atoms with van der Waals surface area (Å²) in [6.07, 6.45) is 0.608. The Hall–Kier alpha value is -2.47. The minimum atomic E-state index is -1.10. The topological polar surface area (TPSA) is 72.2 Å². The maximum atomic E-state index is 12.9. The fourth-order valence-electron chi connectivity index (χ4n) is 2.61. The number of thiophene rings is 1. The number of fused-ring (bicyclic) bond motifs is 1.